The van der Waals surface area contributed by atoms with Gasteiger partial charge in [0.15, 0.2) is 0 Å². The Hall–Kier alpha value is -1.17. The van der Waals surface area contributed by atoms with Crippen molar-refractivity contribution in [1.82, 2.24) is 9.97 Å². The van der Waals surface area contributed by atoms with Gasteiger partial charge in [-0.15, -0.1) is 0 Å². The molecule has 1 aliphatic heterocycles. The maximum atomic E-state index is 10.8. The molecular formula is C10H15N3O2S. The van der Waals surface area contributed by atoms with Crippen LogP contribution in [0.5, 0.6) is 0 Å². The number of thiol groups is 1. The van der Waals surface area contributed by atoms with Crippen LogP contribution in [0.15, 0.2) is 12.3 Å². The maximum Gasteiger partial charge on any atom is 0.225 e. The fourth-order valence-electron chi connectivity index (χ4n) is 1.86. The summed E-state index contributed by atoms with van der Waals surface area (Å²) in [5, 5.41) is -0.170. The summed E-state index contributed by atoms with van der Waals surface area (Å²) in [5.74, 6) is 0.708. The third-order valence-corrected chi connectivity index (χ3v) is 3.94. The van der Waals surface area contributed by atoms with Crippen LogP contribution in [-0.4, -0.2) is 36.7 Å². The maximum absolute atomic E-state index is 10.8. The van der Waals surface area contributed by atoms with Gasteiger partial charge in [-0.1, -0.05) is 0 Å². The van der Waals surface area contributed by atoms with Crippen molar-refractivity contribution in [3.8, 4) is 0 Å². The number of aromatic nitrogens is 2. The van der Waals surface area contributed by atoms with Gasteiger partial charge < -0.3 is 4.90 Å². The predicted octanol–water partition coefficient (Wildman–Crippen LogP) is 0.365. The fourth-order valence-corrected chi connectivity index (χ4v) is 2.52. The quantitative estimate of drug-likeness (QED) is 0.758. The molecule has 0 radical (unpaired) electrons. The van der Waals surface area contributed by atoms with Crippen molar-refractivity contribution in [2.75, 3.05) is 18.0 Å². The fraction of sp³-hybridized carbons (Fsp3) is 0.600. The smallest absolute Gasteiger partial charge is 0.225 e. The molecule has 2 heterocycles. The SMILES string of the molecule is Cc1ccnc(N2CCC([SH](=O)=O)CC2)n1. The van der Waals surface area contributed by atoms with E-state index in [2.05, 4.69) is 9.97 Å². The van der Waals surface area contributed by atoms with E-state index in [1.807, 2.05) is 17.9 Å². The van der Waals surface area contributed by atoms with Gasteiger partial charge >= 0.3 is 0 Å². The Kier molecular flexibility index (Phi) is 3.38. The van der Waals surface area contributed by atoms with Crippen LogP contribution in [0.25, 0.3) is 0 Å². The number of rotatable bonds is 2. The zero-order valence-corrected chi connectivity index (χ0v) is 10.1. The van der Waals surface area contributed by atoms with Crippen molar-refractivity contribution in [1.29, 1.82) is 0 Å². The summed E-state index contributed by atoms with van der Waals surface area (Å²) in [6, 6.07) is 1.85. The number of piperidine rings is 1. The molecule has 5 nitrogen and oxygen atoms in total. The molecule has 1 fully saturated rings. The first-order valence-corrected chi connectivity index (χ1v) is 6.59. The van der Waals surface area contributed by atoms with Crippen molar-refractivity contribution >= 4 is 16.7 Å². The van der Waals surface area contributed by atoms with E-state index in [0.717, 1.165) is 18.8 Å². The lowest BCUT2D eigenvalue weighted by atomic mass is 10.1. The molecule has 0 amide bonds. The summed E-state index contributed by atoms with van der Waals surface area (Å²) in [7, 11) is -2.28. The van der Waals surface area contributed by atoms with Crippen LogP contribution in [0.4, 0.5) is 5.95 Å². The summed E-state index contributed by atoms with van der Waals surface area (Å²) in [6.07, 6.45) is 3.09. The summed E-state index contributed by atoms with van der Waals surface area (Å²) in [4.78, 5) is 10.6. The molecule has 0 aromatic carbocycles. The molecule has 88 valence electrons. The second-order valence-electron chi connectivity index (χ2n) is 4.00. The lowest BCUT2D eigenvalue weighted by Gasteiger charge is -2.29. The van der Waals surface area contributed by atoms with Crippen molar-refractivity contribution in [3.63, 3.8) is 0 Å². The Balaban J connectivity index is 2.04. The average Bonchev–Trinajstić information content (AvgIpc) is 2.29. The van der Waals surface area contributed by atoms with E-state index in [1.54, 1.807) is 6.20 Å². The second kappa shape index (κ2) is 4.78. The first-order valence-electron chi connectivity index (χ1n) is 5.35. The molecule has 0 aliphatic carbocycles. The van der Waals surface area contributed by atoms with Crippen molar-refractivity contribution in [2.45, 2.75) is 25.0 Å². The molecule has 0 bridgehead atoms. The minimum Gasteiger partial charge on any atom is -0.341 e. The first-order chi connectivity index (χ1) is 7.66. The van der Waals surface area contributed by atoms with E-state index in [0.29, 0.717) is 18.8 Å². The van der Waals surface area contributed by atoms with E-state index in [4.69, 9.17) is 0 Å². The van der Waals surface area contributed by atoms with E-state index < -0.39 is 10.7 Å². The standard InChI is InChI=1S/C10H15N3O2S/c1-8-2-5-11-10(12-8)13-6-3-9(4-7-13)16(14)15/h2,5,9,16H,3-4,6-7H2,1H3. The lowest BCUT2D eigenvalue weighted by molar-refractivity contribution is 0.539. The third-order valence-electron chi connectivity index (χ3n) is 2.83. The summed E-state index contributed by atoms with van der Waals surface area (Å²) < 4.78 is 21.7. The lowest BCUT2D eigenvalue weighted by Crippen LogP contribution is -2.37. The Labute approximate surface area is 96.5 Å². The number of hydrogen-bond acceptors (Lipinski definition) is 5. The topological polar surface area (TPSA) is 63.2 Å². The Bertz CT molecular complexity index is 431. The van der Waals surface area contributed by atoms with Gasteiger partial charge in [-0.25, -0.2) is 18.4 Å². The number of hydrogen-bond donors (Lipinski definition) is 1. The first kappa shape index (κ1) is 11.3. The van der Waals surface area contributed by atoms with Gasteiger partial charge in [0.05, 0.1) is 5.25 Å². The van der Waals surface area contributed by atoms with Gasteiger partial charge in [-0.05, 0) is 25.8 Å². The number of aryl methyl sites for hydroxylation is 1. The number of anilines is 1. The van der Waals surface area contributed by atoms with Crippen LogP contribution < -0.4 is 4.90 Å². The van der Waals surface area contributed by atoms with E-state index in [-0.39, 0.29) is 5.25 Å². The monoisotopic (exact) mass is 241 g/mol. The highest BCUT2D eigenvalue weighted by Crippen LogP contribution is 2.17. The second-order valence-corrected chi connectivity index (χ2v) is 5.30. The van der Waals surface area contributed by atoms with Gasteiger partial charge in [0.1, 0.15) is 10.7 Å². The van der Waals surface area contributed by atoms with Gasteiger partial charge in [0, 0.05) is 25.0 Å². The van der Waals surface area contributed by atoms with Crippen LogP contribution >= 0.6 is 0 Å². The molecule has 0 spiro atoms. The molecule has 1 saturated heterocycles. The zero-order valence-electron chi connectivity index (χ0n) is 9.17. The summed E-state index contributed by atoms with van der Waals surface area (Å²) in [5.41, 5.74) is 0.932. The third kappa shape index (κ3) is 2.49. The van der Waals surface area contributed by atoms with E-state index in [1.165, 1.54) is 0 Å². The number of nitrogens with zero attached hydrogens (tertiary/aromatic N) is 3. The normalized spacial score (nSPS) is 18.0. The van der Waals surface area contributed by atoms with Crippen LogP contribution in [-0.2, 0) is 10.7 Å². The minimum absolute atomic E-state index is 0.170. The van der Waals surface area contributed by atoms with Crippen LogP contribution in [0.3, 0.4) is 0 Å². The molecule has 16 heavy (non-hydrogen) atoms. The van der Waals surface area contributed by atoms with Gasteiger partial charge in [-0.2, -0.15) is 0 Å². The highest BCUT2D eigenvalue weighted by Gasteiger charge is 2.22. The molecule has 1 aromatic rings. The minimum atomic E-state index is -2.28. The van der Waals surface area contributed by atoms with E-state index in [9.17, 15) is 8.42 Å². The van der Waals surface area contributed by atoms with Crippen LogP contribution in [0.2, 0.25) is 0 Å². The molecule has 0 N–H and O–H groups in total. The Morgan fingerprint density at radius 1 is 1.38 bits per heavy atom. The molecule has 2 rings (SSSR count). The van der Waals surface area contributed by atoms with Crippen LogP contribution in [0, 0.1) is 6.92 Å². The summed E-state index contributed by atoms with van der Waals surface area (Å²) >= 11 is 0. The van der Waals surface area contributed by atoms with Crippen molar-refractivity contribution in [2.24, 2.45) is 0 Å². The largest absolute Gasteiger partial charge is 0.341 e. The highest BCUT2D eigenvalue weighted by molar-refractivity contribution is 7.73. The van der Waals surface area contributed by atoms with Gasteiger partial charge in [-0.3, -0.25) is 0 Å². The van der Waals surface area contributed by atoms with Gasteiger partial charge in [0.25, 0.3) is 0 Å². The zero-order chi connectivity index (χ0) is 11.5. The highest BCUT2D eigenvalue weighted by atomic mass is 32.2. The molecule has 0 unspecified atom stereocenters. The van der Waals surface area contributed by atoms with Gasteiger partial charge in [0.2, 0.25) is 5.95 Å². The van der Waals surface area contributed by atoms with Crippen molar-refractivity contribution in [3.05, 3.63) is 18.0 Å². The summed E-state index contributed by atoms with van der Waals surface area (Å²) in [6.45, 7) is 3.36. The molecule has 0 saturated carbocycles. The molecule has 0 atom stereocenters. The average molecular weight is 241 g/mol. The van der Waals surface area contributed by atoms with E-state index >= 15 is 0 Å². The van der Waals surface area contributed by atoms with Crippen LogP contribution in [0.1, 0.15) is 18.5 Å². The Morgan fingerprint density at radius 2 is 2.06 bits per heavy atom. The van der Waals surface area contributed by atoms with Crippen molar-refractivity contribution < 1.29 is 8.42 Å². The Morgan fingerprint density at radius 3 is 2.62 bits per heavy atom. The molecule has 1 aliphatic rings. The molecular weight excluding hydrogens is 226 g/mol. The molecule has 6 heteroatoms. The molecule has 1 aromatic heterocycles. The predicted molar refractivity (Wildman–Crippen MR) is 62.3 cm³/mol.